The number of furan rings is 1. The Labute approximate surface area is 92.4 Å². The van der Waals surface area contributed by atoms with Crippen molar-refractivity contribution >= 4 is 16.9 Å². The number of carboxylic acids is 1. The lowest BCUT2D eigenvalue weighted by Gasteiger charge is -2.04. The van der Waals surface area contributed by atoms with Gasteiger partial charge in [0.15, 0.2) is 0 Å². The van der Waals surface area contributed by atoms with Crippen molar-refractivity contribution in [3.05, 3.63) is 29.0 Å². The van der Waals surface area contributed by atoms with E-state index in [0.29, 0.717) is 11.3 Å². The summed E-state index contributed by atoms with van der Waals surface area (Å²) in [5.41, 5.74) is 1.70. The quantitative estimate of drug-likeness (QED) is 0.845. The summed E-state index contributed by atoms with van der Waals surface area (Å²) in [5.74, 6) is 0.119. The molecule has 0 saturated heterocycles. The molecule has 1 N–H and O–H groups in total. The molecule has 16 heavy (non-hydrogen) atoms. The molecule has 0 aliphatic carbocycles. The van der Waals surface area contributed by atoms with Gasteiger partial charge in [0, 0.05) is 5.39 Å². The lowest BCUT2D eigenvalue weighted by Crippen LogP contribution is -1.99. The molecule has 1 heterocycles. The second kappa shape index (κ2) is 3.56. The summed E-state index contributed by atoms with van der Waals surface area (Å²) < 4.78 is 10.5. The maximum Gasteiger partial charge on any atom is 0.339 e. The summed E-state index contributed by atoms with van der Waals surface area (Å²) in [7, 11) is 1.45. The molecule has 0 fully saturated rings. The van der Waals surface area contributed by atoms with Crippen LogP contribution in [0.5, 0.6) is 5.75 Å². The minimum absolute atomic E-state index is 0.115. The van der Waals surface area contributed by atoms with Crippen LogP contribution in [0.2, 0.25) is 0 Å². The molecule has 0 aliphatic rings. The fourth-order valence-corrected chi connectivity index (χ4v) is 1.70. The summed E-state index contributed by atoms with van der Waals surface area (Å²) in [6, 6.07) is 3.20. The Morgan fingerprint density at radius 2 is 2.06 bits per heavy atom. The number of hydrogen-bond donors (Lipinski definition) is 1. The predicted octanol–water partition coefficient (Wildman–Crippen LogP) is 2.76. The minimum Gasteiger partial charge on any atom is -0.496 e. The van der Waals surface area contributed by atoms with Crippen molar-refractivity contribution in [1.82, 2.24) is 0 Å². The van der Waals surface area contributed by atoms with Gasteiger partial charge in [0.2, 0.25) is 0 Å². The van der Waals surface area contributed by atoms with E-state index in [1.807, 2.05) is 13.8 Å². The number of carboxylic acid groups (broad SMARTS) is 1. The maximum absolute atomic E-state index is 11.0. The third-order valence-corrected chi connectivity index (χ3v) is 2.73. The van der Waals surface area contributed by atoms with Crippen molar-refractivity contribution in [2.75, 3.05) is 7.11 Å². The highest BCUT2D eigenvalue weighted by molar-refractivity contribution is 5.97. The first kappa shape index (κ1) is 10.5. The third-order valence-electron chi connectivity index (χ3n) is 2.73. The van der Waals surface area contributed by atoms with Crippen molar-refractivity contribution in [2.45, 2.75) is 13.8 Å². The van der Waals surface area contributed by atoms with Crippen molar-refractivity contribution in [1.29, 1.82) is 0 Å². The van der Waals surface area contributed by atoms with Gasteiger partial charge in [-0.2, -0.15) is 0 Å². The summed E-state index contributed by atoms with van der Waals surface area (Å²) in [6.45, 7) is 3.78. The molecule has 0 aliphatic heterocycles. The zero-order valence-corrected chi connectivity index (χ0v) is 9.33. The van der Waals surface area contributed by atoms with E-state index in [9.17, 15) is 4.79 Å². The fraction of sp³-hybridized carbons (Fsp3) is 0.250. The second-order valence-corrected chi connectivity index (χ2v) is 3.64. The molecule has 0 spiro atoms. The largest absolute Gasteiger partial charge is 0.496 e. The highest BCUT2D eigenvalue weighted by atomic mass is 16.5. The normalized spacial score (nSPS) is 10.7. The Morgan fingerprint density at radius 3 is 2.62 bits per heavy atom. The molecule has 0 unspecified atom stereocenters. The van der Waals surface area contributed by atoms with Crippen LogP contribution in [0.1, 0.15) is 21.7 Å². The van der Waals surface area contributed by atoms with Gasteiger partial charge in [0.1, 0.15) is 22.7 Å². The van der Waals surface area contributed by atoms with Crippen molar-refractivity contribution in [3.8, 4) is 5.75 Å². The molecule has 4 heteroatoms. The number of fused-ring (bicyclic) bond motifs is 1. The van der Waals surface area contributed by atoms with E-state index in [2.05, 4.69) is 0 Å². The number of rotatable bonds is 2. The van der Waals surface area contributed by atoms with Gasteiger partial charge in [0.05, 0.1) is 7.11 Å². The standard InChI is InChI=1S/C12H12O4/c1-6-7(2)16-11-5-9(12(13)14)10(15-3)4-8(6)11/h4-5H,1-3H3,(H,13,14). The van der Waals surface area contributed by atoms with E-state index in [1.165, 1.54) is 13.2 Å². The number of hydrogen-bond acceptors (Lipinski definition) is 3. The number of aryl methyl sites for hydroxylation is 2. The van der Waals surface area contributed by atoms with E-state index in [-0.39, 0.29) is 5.56 Å². The van der Waals surface area contributed by atoms with E-state index in [0.717, 1.165) is 16.7 Å². The zero-order chi connectivity index (χ0) is 11.9. The summed E-state index contributed by atoms with van der Waals surface area (Å²) in [6.07, 6.45) is 0. The van der Waals surface area contributed by atoms with Crippen LogP contribution in [0.15, 0.2) is 16.5 Å². The van der Waals surface area contributed by atoms with Gasteiger partial charge in [-0.25, -0.2) is 4.79 Å². The van der Waals surface area contributed by atoms with Crippen LogP contribution in [0.25, 0.3) is 11.0 Å². The van der Waals surface area contributed by atoms with Gasteiger partial charge in [-0.15, -0.1) is 0 Å². The van der Waals surface area contributed by atoms with Gasteiger partial charge >= 0.3 is 5.97 Å². The average molecular weight is 220 g/mol. The summed E-state index contributed by atoms with van der Waals surface area (Å²) in [5, 5.41) is 9.90. The second-order valence-electron chi connectivity index (χ2n) is 3.64. The Hall–Kier alpha value is -1.97. The van der Waals surface area contributed by atoms with E-state index < -0.39 is 5.97 Å². The number of aromatic carboxylic acids is 1. The summed E-state index contributed by atoms with van der Waals surface area (Å²) >= 11 is 0. The lowest BCUT2D eigenvalue weighted by molar-refractivity contribution is 0.0693. The molecule has 0 atom stereocenters. The fourth-order valence-electron chi connectivity index (χ4n) is 1.70. The number of ether oxygens (including phenoxy) is 1. The first-order valence-corrected chi connectivity index (χ1v) is 4.85. The van der Waals surface area contributed by atoms with Crippen LogP contribution in [0.3, 0.4) is 0 Å². The van der Waals surface area contributed by atoms with Crippen molar-refractivity contribution in [3.63, 3.8) is 0 Å². The molecular formula is C12H12O4. The molecule has 1 aromatic heterocycles. The topological polar surface area (TPSA) is 59.7 Å². The monoisotopic (exact) mass is 220 g/mol. The maximum atomic E-state index is 11.0. The molecule has 1 aromatic carbocycles. The van der Waals surface area contributed by atoms with Gasteiger partial charge in [-0.3, -0.25) is 0 Å². The molecule has 4 nitrogen and oxygen atoms in total. The van der Waals surface area contributed by atoms with Crippen molar-refractivity contribution in [2.24, 2.45) is 0 Å². The Bertz CT molecular complexity index is 566. The van der Waals surface area contributed by atoms with E-state index in [4.69, 9.17) is 14.3 Å². The van der Waals surface area contributed by atoms with Crippen LogP contribution in [-0.4, -0.2) is 18.2 Å². The minimum atomic E-state index is -1.02. The highest BCUT2D eigenvalue weighted by Crippen LogP contribution is 2.31. The molecule has 2 rings (SSSR count). The Morgan fingerprint density at radius 1 is 1.38 bits per heavy atom. The Balaban J connectivity index is 2.80. The van der Waals surface area contributed by atoms with Crippen LogP contribution in [-0.2, 0) is 0 Å². The molecule has 84 valence electrons. The highest BCUT2D eigenvalue weighted by Gasteiger charge is 2.16. The lowest BCUT2D eigenvalue weighted by atomic mass is 10.1. The smallest absolute Gasteiger partial charge is 0.339 e. The number of benzene rings is 1. The molecule has 0 amide bonds. The summed E-state index contributed by atoms with van der Waals surface area (Å²) in [4.78, 5) is 11.0. The third kappa shape index (κ3) is 1.43. The van der Waals surface area contributed by atoms with Crippen LogP contribution >= 0.6 is 0 Å². The average Bonchev–Trinajstić information content (AvgIpc) is 2.53. The van der Waals surface area contributed by atoms with E-state index >= 15 is 0 Å². The van der Waals surface area contributed by atoms with Gasteiger partial charge in [-0.1, -0.05) is 0 Å². The van der Waals surface area contributed by atoms with Crippen LogP contribution in [0.4, 0.5) is 0 Å². The van der Waals surface area contributed by atoms with Gasteiger partial charge in [0.25, 0.3) is 0 Å². The molecule has 0 saturated carbocycles. The van der Waals surface area contributed by atoms with E-state index in [1.54, 1.807) is 6.07 Å². The van der Waals surface area contributed by atoms with Gasteiger partial charge < -0.3 is 14.3 Å². The van der Waals surface area contributed by atoms with Gasteiger partial charge in [-0.05, 0) is 31.5 Å². The van der Waals surface area contributed by atoms with Crippen LogP contribution < -0.4 is 4.74 Å². The number of carbonyl (C=O) groups is 1. The SMILES string of the molecule is COc1cc2c(C)c(C)oc2cc1C(=O)O. The Kier molecular flexibility index (Phi) is 2.34. The van der Waals surface area contributed by atoms with Crippen LogP contribution in [0, 0.1) is 13.8 Å². The molecule has 0 bridgehead atoms. The first-order valence-electron chi connectivity index (χ1n) is 4.85. The van der Waals surface area contributed by atoms with Crippen molar-refractivity contribution < 1.29 is 19.1 Å². The molecule has 2 aromatic rings. The predicted molar refractivity (Wildman–Crippen MR) is 59.2 cm³/mol. The molecular weight excluding hydrogens is 208 g/mol. The first-order chi connectivity index (χ1) is 7.54. The number of methoxy groups -OCH3 is 1. The zero-order valence-electron chi connectivity index (χ0n) is 9.33. The molecule has 0 radical (unpaired) electrons.